The van der Waals surface area contributed by atoms with Crippen LogP contribution in [0.25, 0.3) is 0 Å². The Kier molecular flexibility index (Phi) is 23.2. The van der Waals surface area contributed by atoms with Gasteiger partial charge in [-0.2, -0.15) is 0 Å². The Morgan fingerprint density at radius 3 is 2.03 bits per heavy atom. The number of ether oxygens (including phenoxy) is 2. The monoisotopic (exact) mass is 424 g/mol. The normalized spacial score (nSPS) is 12.8. The Hall–Kier alpha value is -1.13. The summed E-state index contributed by atoms with van der Waals surface area (Å²) >= 11 is 0. The van der Waals surface area contributed by atoms with Gasteiger partial charge in [0.1, 0.15) is 6.10 Å². The molecule has 1 N–H and O–H groups in total. The first kappa shape index (κ1) is 28.9. The van der Waals surface area contributed by atoms with Gasteiger partial charge in [0.25, 0.3) is 0 Å². The summed E-state index contributed by atoms with van der Waals surface area (Å²) < 4.78 is 10.8. The predicted octanol–water partition coefficient (Wildman–Crippen LogP) is 6.91. The van der Waals surface area contributed by atoms with Crippen LogP contribution < -0.4 is 0 Å². The zero-order valence-electron chi connectivity index (χ0n) is 19.8. The van der Waals surface area contributed by atoms with Crippen molar-refractivity contribution in [2.24, 2.45) is 0 Å². The molecule has 0 saturated carbocycles. The van der Waals surface area contributed by atoms with Gasteiger partial charge in [0.05, 0.1) is 13.2 Å². The van der Waals surface area contributed by atoms with Crippen molar-refractivity contribution in [2.45, 2.75) is 116 Å². The molecular formula is C26H48O4. The Morgan fingerprint density at radius 2 is 1.40 bits per heavy atom. The standard InChI is InChI=1S/C26H48O4/c1-3-5-7-8-9-10-11-12-13-14-15-16-17-18-19-20-22-29-24-25(23-27)30-26(28)21-6-4-2/h9-10,12-13,25,27H,3-8,11,14-24H2,1-2H3/b10-9-,13-12-. The van der Waals surface area contributed by atoms with E-state index in [2.05, 4.69) is 31.2 Å². The molecule has 4 heteroatoms. The Labute approximate surface area is 186 Å². The molecule has 0 aromatic carbocycles. The lowest BCUT2D eigenvalue weighted by atomic mass is 10.1. The minimum Gasteiger partial charge on any atom is -0.457 e. The van der Waals surface area contributed by atoms with Crippen LogP contribution in [0.15, 0.2) is 24.3 Å². The van der Waals surface area contributed by atoms with E-state index < -0.39 is 6.10 Å². The van der Waals surface area contributed by atoms with Gasteiger partial charge in [-0.25, -0.2) is 0 Å². The smallest absolute Gasteiger partial charge is 0.306 e. The zero-order valence-corrected chi connectivity index (χ0v) is 19.8. The lowest BCUT2D eigenvalue weighted by molar-refractivity contribution is -0.154. The summed E-state index contributed by atoms with van der Waals surface area (Å²) in [4.78, 5) is 11.6. The maximum absolute atomic E-state index is 11.6. The number of aliphatic hydroxyl groups is 1. The summed E-state index contributed by atoms with van der Waals surface area (Å²) in [5.74, 6) is -0.242. The van der Waals surface area contributed by atoms with E-state index in [4.69, 9.17) is 9.47 Å². The third kappa shape index (κ3) is 21.6. The average Bonchev–Trinajstić information content (AvgIpc) is 2.76. The molecule has 1 unspecified atom stereocenters. The number of aliphatic hydroxyl groups excluding tert-OH is 1. The maximum Gasteiger partial charge on any atom is 0.306 e. The first-order chi connectivity index (χ1) is 14.7. The van der Waals surface area contributed by atoms with Gasteiger partial charge in [0.15, 0.2) is 0 Å². The summed E-state index contributed by atoms with van der Waals surface area (Å²) in [7, 11) is 0. The fraction of sp³-hybridized carbons (Fsp3) is 0.808. The Balaban J connectivity index is 3.39. The van der Waals surface area contributed by atoms with Crippen molar-refractivity contribution in [3.05, 3.63) is 24.3 Å². The molecule has 30 heavy (non-hydrogen) atoms. The number of unbranched alkanes of at least 4 members (excludes halogenated alkanes) is 10. The van der Waals surface area contributed by atoms with Crippen LogP contribution >= 0.6 is 0 Å². The van der Waals surface area contributed by atoms with Crippen LogP contribution in [-0.4, -0.2) is 37.0 Å². The highest BCUT2D eigenvalue weighted by Crippen LogP contribution is 2.09. The zero-order chi connectivity index (χ0) is 22.1. The second-order valence-electron chi connectivity index (χ2n) is 8.06. The SMILES string of the molecule is CCCCC/C=C\C/C=C\CCCCCCCCOCC(CO)OC(=O)CCCC. The summed E-state index contributed by atoms with van der Waals surface area (Å²) in [6.07, 6.45) is 25.6. The first-order valence-corrected chi connectivity index (χ1v) is 12.4. The van der Waals surface area contributed by atoms with E-state index >= 15 is 0 Å². The van der Waals surface area contributed by atoms with Gasteiger partial charge in [0.2, 0.25) is 0 Å². The lowest BCUT2D eigenvalue weighted by Crippen LogP contribution is -2.27. The second-order valence-corrected chi connectivity index (χ2v) is 8.06. The van der Waals surface area contributed by atoms with Crippen molar-refractivity contribution in [3.8, 4) is 0 Å². The van der Waals surface area contributed by atoms with Gasteiger partial charge < -0.3 is 14.6 Å². The molecule has 1 atom stereocenters. The van der Waals surface area contributed by atoms with E-state index in [0.29, 0.717) is 13.0 Å². The van der Waals surface area contributed by atoms with Crippen LogP contribution in [0, 0.1) is 0 Å². The van der Waals surface area contributed by atoms with Gasteiger partial charge in [-0.15, -0.1) is 0 Å². The summed E-state index contributed by atoms with van der Waals surface area (Å²) in [6, 6.07) is 0. The molecule has 0 spiro atoms. The highest BCUT2D eigenvalue weighted by atomic mass is 16.6. The topological polar surface area (TPSA) is 55.8 Å². The molecule has 0 heterocycles. The fourth-order valence-corrected chi connectivity index (χ4v) is 3.10. The number of hydrogen-bond acceptors (Lipinski definition) is 4. The van der Waals surface area contributed by atoms with Gasteiger partial charge in [0, 0.05) is 13.0 Å². The largest absolute Gasteiger partial charge is 0.457 e. The molecule has 0 aromatic heterocycles. The molecule has 0 fully saturated rings. The summed E-state index contributed by atoms with van der Waals surface area (Å²) in [6.45, 7) is 5.05. The third-order valence-electron chi connectivity index (χ3n) is 5.03. The number of carbonyl (C=O) groups is 1. The summed E-state index contributed by atoms with van der Waals surface area (Å²) in [5.41, 5.74) is 0. The molecule has 4 nitrogen and oxygen atoms in total. The average molecular weight is 425 g/mol. The number of carbonyl (C=O) groups excluding carboxylic acids is 1. The van der Waals surface area contributed by atoms with Gasteiger partial charge in [-0.3, -0.25) is 4.79 Å². The fourth-order valence-electron chi connectivity index (χ4n) is 3.10. The van der Waals surface area contributed by atoms with Gasteiger partial charge >= 0.3 is 5.97 Å². The van der Waals surface area contributed by atoms with Crippen molar-refractivity contribution < 1.29 is 19.4 Å². The van der Waals surface area contributed by atoms with Crippen LogP contribution in [0.1, 0.15) is 110 Å². The highest BCUT2D eigenvalue weighted by Gasteiger charge is 2.13. The molecule has 0 aliphatic heterocycles. The number of allylic oxidation sites excluding steroid dienone is 4. The van der Waals surface area contributed by atoms with E-state index in [0.717, 1.165) is 25.7 Å². The molecule has 0 rings (SSSR count). The van der Waals surface area contributed by atoms with Crippen molar-refractivity contribution in [1.29, 1.82) is 0 Å². The van der Waals surface area contributed by atoms with Crippen LogP contribution in [0.2, 0.25) is 0 Å². The molecule has 0 aromatic rings. The highest BCUT2D eigenvalue weighted by molar-refractivity contribution is 5.69. The predicted molar refractivity (Wildman–Crippen MR) is 127 cm³/mol. The first-order valence-electron chi connectivity index (χ1n) is 12.4. The molecule has 0 saturated heterocycles. The number of esters is 1. The molecular weight excluding hydrogens is 376 g/mol. The van der Waals surface area contributed by atoms with E-state index in [1.807, 2.05) is 6.92 Å². The van der Waals surface area contributed by atoms with Crippen LogP contribution in [0.4, 0.5) is 0 Å². The van der Waals surface area contributed by atoms with E-state index in [9.17, 15) is 9.90 Å². The van der Waals surface area contributed by atoms with E-state index in [1.54, 1.807) is 0 Å². The van der Waals surface area contributed by atoms with Crippen LogP contribution in [-0.2, 0) is 14.3 Å². The minimum absolute atomic E-state index is 0.179. The minimum atomic E-state index is -0.529. The van der Waals surface area contributed by atoms with Gasteiger partial charge in [-0.05, 0) is 44.9 Å². The Bertz CT molecular complexity index is 417. The van der Waals surface area contributed by atoms with Crippen molar-refractivity contribution in [1.82, 2.24) is 0 Å². The van der Waals surface area contributed by atoms with Crippen molar-refractivity contribution in [3.63, 3.8) is 0 Å². The van der Waals surface area contributed by atoms with E-state index in [1.165, 1.54) is 64.2 Å². The molecule has 0 bridgehead atoms. The molecule has 0 radical (unpaired) electrons. The van der Waals surface area contributed by atoms with E-state index in [-0.39, 0.29) is 19.2 Å². The van der Waals surface area contributed by atoms with Crippen molar-refractivity contribution in [2.75, 3.05) is 19.8 Å². The lowest BCUT2D eigenvalue weighted by Gasteiger charge is -2.15. The van der Waals surface area contributed by atoms with Gasteiger partial charge in [-0.1, -0.05) is 83.1 Å². The molecule has 0 aliphatic carbocycles. The number of hydrogen-bond donors (Lipinski definition) is 1. The molecule has 0 aliphatic rings. The van der Waals surface area contributed by atoms with Crippen LogP contribution in [0.3, 0.4) is 0 Å². The Morgan fingerprint density at radius 1 is 0.800 bits per heavy atom. The second kappa shape index (κ2) is 24.1. The summed E-state index contributed by atoms with van der Waals surface area (Å²) in [5, 5.41) is 9.28. The molecule has 176 valence electrons. The molecule has 0 amide bonds. The maximum atomic E-state index is 11.6. The quantitative estimate of drug-likeness (QED) is 0.116. The van der Waals surface area contributed by atoms with Crippen molar-refractivity contribution >= 4 is 5.97 Å². The van der Waals surface area contributed by atoms with Crippen LogP contribution in [0.5, 0.6) is 0 Å². The third-order valence-corrected chi connectivity index (χ3v) is 5.03. The number of rotatable bonds is 22.